The molecular formula is C9H22OSi2. The minimum atomic E-state index is -1.53. The Hall–Kier alpha value is 0.134. The third-order valence-corrected chi connectivity index (χ3v) is 8.39. The lowest BCUT2D eigenvalue weighted by molar-refractivity contribution is 0.552. The van der Waals surface area contributed by atoms with Crippen molar-refractivity contribution in [3.63, 3.8) is 0 Å². The Labute approximate surface area is 79.1 Å². The smallest absolute Gasteiger partial charge is 0.201 e. The molecule has 0 aromatic heterocycles. The van der Waals surface area contributed by atoms with Crippen molar-refractivity contribution >= 4 is 16.6 Å². The molecule has 0 aliphatic rings. The highest BCUT2D eigenvalue weighted by atomic mass is 28.4. The van der Waals surface area contributed by atoms with Crippen LogP contribution in [0, 0.1) is 0 Å². The summed E-state index contributed by atoms with van der Waals surface area (Å²) in [6.07, 6.45) is 1.21. The molecule has 0 saturated carbocycles. The molecule has 0 aliphatic carbocycles. The second-order valence-corrected chi connectivity index (χ2v) is 13.1. The monoisotopic (exact) mass is 202 g/mol. The summed E-state index contributed by atoms with van der Waals surface area (Å²) < 4.78 is 6.17. The van der Waals surface area contributed by atoms with Gasteiger partial charge in [-0.25, -0.2) is 0 Å². The molecule has 0 bridgehead atoms. The molecule has 0 aromatic carbocycles. The van der Waals surface area contributed by atoms with Crippen molar-refractivity contribution in [2.75, 3.05) is 0 Å². The van der Waals surface area contributed by atoms with Gasteiger partial charge in [0.15, 0.2) is 8.32 Å². The normalized spacial score (nSPS) is 17.1. The van der Waals surface area contributed by atoms with Gasteiger partial charge in [0.2, 0.25) is 8.32 Å². The van der Waals surface area contributed by atoms with E-state index in [-0.39, 0.29) is 0 Å². The van der Waals surface area contributed by atoms with E-state index in [2.05, 4.69) is 45.4 Å². The third-order valence-electron chi connectivity index (χ3n) is 1.72. The van der Waals surface area contributed by atoms with Crippen molar-refractivity contribution < 1.29 is 4.12 Å². The predicted molar refractivity (Wildman–Crippen MR) is 61.3 cm³/mol. The fourth-order valence-electron chi connectivity index (χ4n) is 1.39. The fourth-order valence-corrected chi connectivity index (χ4v) is 8.92. The van der Waals surface area contributed by atoms with Crippen LogP contribution in [0.5, 0.6) is 0 Å². The molecule has 0 saturated heterocycles. The first-order valence-corrected chi connectivity index (χ1v) is 10.8. The largest absolute Gasteiger partial charge is 0.453 e. The molecule has 0 fully saturated rings. The van der Waals surface area contributed by atoms with Gasteiger partial charge in [-0.2, -0.15) is 0 Å². The van der Waals surface area contributed by atoms with E-state index < -0.39 is 16.6 Å². The molecule has 72 valence electrons. The summed E-state index contributed by atoms with van der Waals surface area (Å²) in [4.78, 5) is 0. The van der Waals surface area contributed by atoms with E-state index in [1.54, 1.807) is 0 Å². The summed E-state index contributed by atoms with van der Waals surface area (Å²) in [6, 6.07) is 1.21. The lowest BCUT2D eigenvalue weighted by Gasteiger charge is -2.31. The molecule has 0 amide bonds. The predicted octanol–water partition coefficient (Wildman–Crippen LogP) is 3.55. The molecule has 12 heavy (non-hydrogen) atoms. The highest BCUT2D eigenvalue weighted by Gasteiger charge is 2.30. The number of rotatable bonds is 5. The van der Waals surface area contributed by atoms with Crippen molar-refractivity contribution in [2.24, 2.45) is 0 Å². The first-order chi connectivity index (χ1) is 5.33. The quantitative estimate of drug-likeness (QED) is 0.620. The molecule has 0 aliphatic heterocycles. The lowest BCUT2D eigenvalue weighted by Crippen LogP contribution is -2.43. The van der Waals surface area contributed by atoms with Crippen LogP contribution in [0.15, 0.2) is 12.3 Å². The molecule has 0 heterocycles. The van der Waals surface area contributed by atoms with Crippen LogP contribution in [-0.2, 0) is 4.12 Å². The second kappa shape index (κ2) is 4.39. The molecule has 0 N–H and O–H groups in total. The van der Waals surface area contributed by atoms with Gasteiger partial charge >= 0.3 is 0 Å². The van der Waals surface area contributed by atoms with Crippen LogP contribution >= 0.6 is 0 Å². The molecule has 0 radical (unpaired) electrons. The zero-order chi connectivity index (χ0) is 9.83. The summed E-state index contributed by atoms with van der Waals surface area (Å²) in [6.45, 7) is 15.1. The zero-order valence-electron chi connectivity index (χ0n) is 9.11. The number of hydrogen-bond acceptors (Lipinski definition) is 1. The summed E-state index contributed by atoms with van der Waals surface area (Å²) in [5.74, 6) is 0. The average Bonchev–Trinajstić information content (AvgIpc) is 1.84. The van der Waals surface area contributed by atoms with E-state index in [4.69, 9.17) is 4.12 Å². The van der Waals surface area contributed by atoms with E-state index in [9.17, 15) is 0 Å². The van der Waals surface area contributed by atoms with E-state index in [1.165, 1.54) is 12.5 Å². The molecule has 1 atom stereocenters. The lowest BCUT2D eigenvalue weighted by atomic mass is 10.6. The van der Waals surface area contributed by atoms with Gasteiger partial charge in [0.05, 0.1) is 0 Å². The van der Waals surface area contributed by atoms with Crippen LogP contribution in [0.4, 0.5) is 0 Å². The van der Waals surface area contributed by atoms with Crippen LogP contribution in [0.25, 0.3) is 0 Å². The summed E-state index contributed by atoms with van der Waals surface area (Å²) in [5.41, 5.74) is 2.08. The van der Waals surface area contributed by atoms with E-state index >= 15 is 0 Å². The van der Waals surface area contributed by atoms with Crippen molar-refractivity contribution in [3.8, 4) is 0 Å². The van der Waals surface area contributed by atoms with Gasteiger partial charge in [-0.1, -0.05) is 19.0 Å². The minimum Gasteiger partial charge on any atom is -0.453 e. The fraction of sp³-hybridized carbons (Fsp3) is 0.778. The Bertz CT molecular complexity index is 151. The Balaban J connectivity index is 4.23. The number of hydrogen-bond donors (Lipinski definition) is 0. The van der Waals surface area contributed by atoms with Gasteiger partial charge in [0, 0.05) is 0 Å². The highest BCUT2D eigenvalue weighted by Crippen LogP contribution is 2.20. The van der Waals surface area contributed by atoms with Crippen LogP contribution in [0.2, 0.25) is 32.2 Å². The van der Waals surface area contributed by atoms with Crippen LogP contribution in [0.3, 0.4) is 0 Å². The average molecular weight is 202 g/mol. The van der Waals surface area contributed by atoms with Crippen molar-refractivity contribution in [2.45, 2.75) is 45.6 Å². The molecule has 0 spiro atoms. The van der Waals surface area contributed by atoms with Crippen LogP contribution < -0.4 is 0 Å². The van der Waals surface area contributed by atoms with Gasteiger partial charge in [-0.3, -0.25) is 0 Å². The van der Waals surface area contributed by atoms with Gasteiger partial charge in [-0.05, 0) is 32.2 Å². The van der Waals surface area contributed by atoms with Gasteiger partial charge < -0.3 is 4.12 Å². The van der Waals surface area contributed by atoms with Crippen LogP contribution in [0.1, 0.15) is 13.3 Å². The second-order valence-electron chi connectivity index (χ2n) is 4.48. The van der Waals surface area contributed by atoms with Crippen LogP contribution in [-0.4, -0.2) is 16.6 Å². The SMILES string of the molecule is C=C[Si](C)(CCC)O[Si](C)(C)C. The molecular weight excluding hydrogens is 180 g/mol. The maximum Gasteiger partial charge on any atom is 0.201 e. The van der Waals surface area contributed by atoms with Crippen molar-refractivity contribution in [1.82, 2.24) is 0 Å². The molecule has 1 unspecified atom stereocenters. The minimum absolute atomic E-state index is 1.21. The Morgan fingerprint density at radius 2 is 1.75 bits per heavy atom. The summed E-state index contributed by atoms with van der Waals surface area (Å²) in [5, 5.41) is 0. The molecule has 0 aromatic rings. The topological polar surface area (TPSA) is 9.23 Å². The van der Waals surface area contributed by atoms with Crippen molar-refractivity contribution in [3.05, 3.63) is 12.3 Å². The molecule has 1 nitrogen and oxygen atoms in total. The first-order valence-electron chi connectivity index (χ1n) is 4.67. The van der Waals surface area contributed by atoms with Gasteiger partial charge in [-0.15, -0.1) is 6.58 Å². The Morgan fingerprint density at radius 1 is 1.25 bits per heavy atom. The van der Waals surface area contributed by atoms with Gasteiger partial charge in [0.25, 0.3) is 0 Å². The molecule has 0 rings (SSSR count). The van der Waals surface area contributed by atoms with E-state index in [0.717, 1.165) is 0 Å². The maximum absolute atomic E-state index is 6.17. The first kappa shape index (κ1) is 12.1. The maximum atomic E-state index is 6.17. The highest BCUT2D eigenvalue weighted by molar-refractivity contribution is 6.87. The van der Waals surface area contributed by atoms with Crippen molar-refractivity contribution in [1.29, 1.82) is 0 Å². The third kappa shape index (κ3) is 4.90. The van der Waals surface area contributed by atoms with E-state index in [1.807, 2.05) is 0 Å². The standard InChI is InChI=1S/C9H22OSi2/c1-7-9-12(6,8-2)10-11(3,4)5/h8H,2,7,9H2,1,3-6H3. The molecule has 3 heteroatoms. The van der Waals surface area contributed by atoms with Gasteiger partial charge in [0.1, 0.15) is 0 Å². The van der Waals surface area contributed by atoms with E-state index in [0.29, 0.717) is 0 Å². The Morgan fingerprint density at radius 3 is 2.00 bits per heavy atom. The summed E-state index contributed by atoms with van der Waals surface area (Å²) >= 11 is 0. The zero-order valence-corrected chi connectivity index (χ0v) is 11.1. The Kier molecular flexibility index (Phi) is 4.44. The summed E-state index contributed by atoms with van der Waals surface area (Å²) in [7, 11) is -2.89.